The molecule has 202 valence electrons. The van der Waals surface area contributed by atoms with Gasteiger partial charge in [-0.1, -0.05) is 6.07 Å². The van der Waals surface area contributed by atoms with Crippen LogP contribution in [0.25, 0.3) is 10.9 Å². The second kappa shape index (κ2) is 9.54. The van der Waals surface area contributed by atoms with Gasteiger partial charge in [-0.3, -0.25) is 14.4 Å². The van der Waals surface area contributed by atoms with Crippen LogP contribution < -0.4 is 15.4 Å². The molecule has 4 N–H and O–H groups in total. The maximum Gasteiger partial charge on any atom is 0.271 e. The molecule has 3 amide bonds. The van der Waals surface area contributed by atoms with E-state index < -0.39 is 53.7 Å². The molecule has 1 aromatic heterocycles. The Labute approximate surface area is 217 Å². The van der Waals surface area contributed by atoms with Crippen molar-refractivity contribution in [3.05, 3.63) is 30.0 Å². The van der Waals surface area contributed by atoms with Gasteiger partial charge in [-0.25, -0.2) is 8.78 Å². The molecule has 1 spiro atoms. The lowest BCUT2D eigenvalue weighted by atomic mass is 9.89. The van der Waals surface area contributed by atoms with Crippen LogP contribution >= 0.6 is 0 Å². The number of amides is 3. The van der Waals surface area contributed by atoms with Crippen molar-refractivity contribution in [2.45, 2.75) is 56.2 Å². The molecule has 3 fully saturated rings. The molecule has 2 saturated heterocycles. The zero-order valence-corrected chi connectivity index (χ0v) is 20.8. The van der Waals surface area contributed by atoms with Gasteiger partial charge < -0.3 is 30.4 Å². The van der Waals surface area contributed by atoms with Crippen molar-refractivity contribution < 1.29 is 33.0 Å². The summed E-state index contributed by atoms with van der Waals surface area (Å²) in [7, 11) is 1.49. The van der Waals surface area contributed by atoms with Crippen LogP contribution in [-0.2, 0) is 9.59 Å². The van der Waals surface area contributed by atoms with Crippen molar-refractivity contribution in [3.8, 4) is 11.8 Å². The van der Waals surface area contributed by atoms with E-state index in [-0.39, 0.29) is 31.0 Å². The summed E-state index contributed by atoms with van der Waals surface area (Å²) in [5.41, 5.74) is -0.765. The van der Waals surface area contributed by atoms with Crippen molar-refractivity contribution in [2.24, 2.45) is 11.3 Å². The van der Waals surface area contributed by atoms with Crippen LogP contribution in [-0.4, -0.2) is 77.0 Å². The van der Waals surface area contributed by atoms with Gasteiger partial charge in [0, 0.05) is 36.3 Å². The Hall–Kier alpha value is -3.72. The number of piperidine rings is 1. The second-order valence-corrected chi connectivity index (χ2v) is 10.5. The van der Waals surface area contributed by atoms with Gasteiger partial charge in [0.2, 0.25) is 11.8 Å². The number of hydrogen-bond acceptors (Lipinski definition) is 6. The Morgan fingerprint density at radius 2 is 2.16 bits per heavy atom. The van der Waals surface area contributed by atoms with Crippen LogP contribution in [0.1, 0.15) is 42.6 Å². The molecular weight excluding hydrogens is 500 g/mol. The number of H-pyrrole nitrogens is 1. The molecule has 5 rings (SSSR count). The zero-order valence-electron chi connectivity index (χ0n) is 20.8. The first-order valence-corrected chi connectivity index (χ1v) is 12.6. The van der Waals surface area contributed by atoms with E-state index in [1.54, 1.807) is 30.3 Å². The Kier molecular flexibility index (Phi) is 6.51. The Morgan fingerprint density at radius 1 is 1.39 bits per heavy atom. The van der Waals surface area contributed by atoms with Crippen LogP contribution in [0.3, 0.4) is 0 Å². The molecule has 3 aliphatic rings. The summed E-state index contributed by atoms with van der Waals surface area (Å²) in [4.78, 5) is 43.4. The van der Waals surface area contributed by atoms with Crippen molar-refractivity contribution in [2.75, 3.05) is 20.2 Å². The van der Waals surface area contributed by atoms with E-state index in [1.165, 1.54) is 7.11 Å². The number of benzene rings is 1. The smallest absolute Gasteiger partial charge is 0.271 e. The number of carbonyl (C=O) groups is 3. The number of likely N-dealkylation sites (tertiary alicyclic amines) is 1. The standard InChI is InChI=1S/C26H29F2N5O5/c1-38-21-6-2-5-16-15(21)9-18(31-16)24(37)33-13-25(12-26(25,27)28)10-19(33)23(36)32-17(20(34)11-29)8-14-4-3-7-30-22(14)35/h2,5-6,9,14,17,19-20,31,34H,3-4,7-8,10,12-13H2,1H3,(H,30,35)(H,32,36)/t14-,17-,19?,20?,25?/m0/s1. The number of carbonyl (C=O) groups excluding carboxylic acids is 3. The molecule has 0 bridgehead atoms. The number of fused-ring (bicyclic) bond motifs is 1. The van der Waals surface area contributed by atoms with Gasteiger partial charge in [0.25, 0.3) is 11.8 Å². The molecule has 3 heterocycles. The fraction of sp³-hybridized carbons (Fsp3) is 0.538. The van der Waals surface area contributed by atoms with Crippen molar-refractivity contribution >= 4 is 28.6 Å². The van der Waals surface area contributed by atoms with Crippen LogP contribution in [0.15, 0.2) is 24.3 Å². The van der Waals surface area contributed by atoms with E-state index in [0.717, 1.165) is 11.3 Å². The number of halogens is 2. The summed E-state index contributed by atoms with van der Waals surface area (Å²) < 4.78 is 34.2. The van der Waals surface area contributed by atoms with Gasteiger partial charge in [-0.05, 0) is 43.9 Å². The van der Waals surface area contributed by atoms with Gasteiger partial charge in [-0.2, -0.15) is 5.26 Å². The Balaban J connectivity index is 1.40. The Bertz CT molecular complexity index is 1320. The molecule has 5 atom stereocenters. The number of ether oxygens (including phenoxy) is 1. The summed E-state index contributed by atoms with van der Waals surface area (Å²) in [5, 5.41) is 25.5. The van der Waals surface area contributed by atoms with E-state index >= 15 is 0 Å². The first-order valence-electron chi connectivity index (χ1n) is 12.6. The first-order chi connectivity index (χ1) is 18.1. The number of aromatic nitrogens is 1. The largest absolute Gasteiger partial charge is 0.496 e. The average molecular weight is 530 g/mol. The van der Waals surface area contributed by atoms with Crippen LogP contribution in [0.5, 0.6) is 5.75 Å². The van der Waals surface area contributed by atoms with Crippen molar-refractivity contribution in [1.82, 2.24) is 20.5 Å². The molecule has 10 nitrogen and oxygen atoms in total. The molecule has 0 radical (unpaired) electrons. The number of nitrogens with one attached hydrogen (secondary N) is 3. The molecule has 2 aromatic rings. The SMILES string of the molecule is COc1cccc2[nH]c(C(=O)N3CC4(CC3C(=O)N[C@@H](C[C@@H]3CCCNC3=O)C(O)C#N)CC4(F)F)cc12. The van der Waals surface area contributed by atoms with Gasteiger partial charge in [0.15, 0.2) is 6.10 Å². The molecule has 12 heteroatoms. The van der Waals surface area contributed by atoms with Crippen molar-refractivity contribution in [3.63, 3.8) is 0 Å². The topological polar surface area (TPSA) is 148 Å². The number of alkyl halides is 2. The van der Waals surface area contributed by atoms with Gasteiger partial charge in [-0.15, -0.1) is 0 Å². The highest BCUT2D eigenvalue weighted by Crippen LogP contribution is 2.66. The predicted molar refractivity (Wildman–Crippen MR) is 130 cm³/mol. The third kappa shape index (κ3) is 4.45. The maximum absolute atomic E-state index is 14.4. The minimum Gasteiger partial charge on any atom is -0.496 e. The summed E-state index contributed by atoms with van der Waals surface area (Å²) in [6.07, 6.45) is -1.03. The lowest BCUT2D eigenvalue weighted by Crippen LogP contribution is -2.53. The fourth-order valence-corrected chi connectivity index (χ4v) is 5.78. The van der Waals surface area contributed by atoms with Crippen LogP contribution in [0, 0.1) is 22.7 Å². The first kappa shape index (κ1) is 25.9. The fourth-order valence-electron chi connectivity index (χ4n) is 5.78. The summed E-state index contributed by atoms with van der Waals surface area (Å²) in [5.74, 6) is -4.59. The lowest BCUT2D eigenvalue weighted by Gasteiger charge is -2.30. The number of rotatable bonds is 7. The normalized spacial score (nSPS) is 27.4. The van der Waals surface area contributed by atoms with E-state index in [4.69, 9.17) is 4.74 Å². The zero-order chi connectivity index (χ0) is 27.2. The number of methoxy groups -OCH3 is 1. The van der Waals surface area contributed by atoms with E-state index in [1.807, 2.05) is 0 Å². The number of aliphatic hydroxyl groups is 1. The maximum atomic E-state index is 14.4. The average Bonchev–Trinajstić information content (AvgIpc) is 3.25. The number of aliphatic hydroxyl groups excluding tert-OH is 1. The van der Waals surface area contributed by atoms with Gasteiger partial charge >= 0.3 is 0 Å². The highest BCUT2D eigenvalue weighted by Gasteiger charge is 2.75. The highest BCUT2D eigenvalue weighted by atomic mass is 19.3. The molecule has 1 aromatic carbocycles. The molecule has 1 aliphatic carbocycles. The minimum atomic E-state index is -3.00. The van der Waals surface area contributed by atoms with Gasteiger partial charge in [0.05, 0.1) is 24.6 Å². The monoisotopic (exact) mass is 529 g/mol. The summed E-state index contributed by atoms with van der Waals surface area (Å²) >= 11 is 0. The third-order valence-corrected chi connectivity index (χ3v) is 8.06. The molecule has 1 saturated carbocycles. The van der Waals surface area contributed by atoms with E-state index in [0.29, 0.717) is 29.6 Å². The van der Waals surface area contributed by atoms with Crippen LogP contribution in [0.4, 0.5) is 8.78 Å². The third-order valence-electron chi connectivity index (χ3n) is 8.06. The van der Waals surface area contributed by atoms with Gasteiger partial charge in [0.1, 0.15) is 17.5 Å². The highest BCUT2D eigenvalue weighted by molar-refractivity contribution is 6.02. The molecule has 3 unspecified atom stereocenters. The van der Waals surface area contributed by atoms with Crippen LogP contribution in [0.2, 0.25) is 0 Å². The number of aromatic amines is 1. The molecular formula is C26H29F2N5O5. The number of nitriles is 1. The van der Waals surface area contributed by atoms with E-state index in [9.17, 15) is 33.5 Å². The molecule has 38 heavy (non-hydrogen) atoms. The lowest BCUT2D eigenvalue weighted by molar-refractivity contribution is -0.129. The summed E-state index contributed by atoms with van der Waals surface area (Å²) in [6.45, 7) is 0.224. The Morgan fingerprint density at radius 3 is 2.82 bits per heavy atom. The molecule has 2 aliphatic heterocycles. The second-order valence-electron chi connectivity index (χ2n) is 10.5. The summed E-state index contributed by atoms with van der Waals surface area (Å²) in [6, 6.07) is 6.11. The quantitative estimate of drug-likeness (QED) is 0.402. The predicted octanol–water partition coefficient (Wildman–Crippen LogP) is 1.70. The number of hydrogen-bond donors (Lipinski definition) is 4. The number of nitrogens with zero attached hydrogens (tertiary/aromatic N) is 2. The minimum absolute atomic E-state index is 0.0100. The van der Waals surface area contributed by atoms with Crippen molar-refractivity contribution in [1.29, 1.82) is 5.26 Å². The van der Waals surface area contributed by atoms with E-state index in [2.05, 4.69) is 15.6 Å².